The van der Waals surface area contributed by atoms with Gasteiger partial charge in [-0.3, -0.25) is 4.98 Å². The number of nitrogens with zero attached hydrogens (tertiary/aromatic N) is 1. The molecule has 0 saturated carbocycles. The topological polar surface area (TPSA) is 34.1 Å². The van der Waals surface area contributed by atoms with Crippen LogP contribution in [0.25, 0.3) is 10.9 Å². The second-order valence-corrected chi connectivity index (χ2v) is 5.62. The molecular weight excluding hydrogens is 248 g/mol. The maximum absolute atomic E-state index is 5.76. The largest absolute Gasteiger partial charge is 0.378 e. The van der Waals surface area contributed by atoms with Gasteiger partial charge in [-0.05, 0) is 57.0 Å². The molecule has 0 radical (unpaired) electrons. The number of fused-ring (bicyclic) bond motifs is 1. The van der Waals surface area contributed by atoms with Crippen molar-refractivity contribution in [1.29, 1.82) is 0 Å². The van der Waals surface area contributed by atoms with Crippen molar-refractivity contribution in [3.05, 3.63) is 41.6 Å². The molecule has 1 aliphatic heterocycles. The average Bonchev–Trinajstić information content (AvgIpc) is 2.97. The minimum atomic E-state index is 0.351. The fourth-order valence-electron chi connectivity index (χ4n) is 2.98. The summed E-state index contributed by atoms with van der Waals surface area (Å²) >= 11 is 0. The third kappa shape index (κ3) is 2.84. The number of hydrogen-bond acceptors (Lipinski definition) is 3. The van der Waals surface area contributed by atoms with E-state index in [0.29, 0.717) is 12.1 Å². The molecule has 3 rings (SSSR count). The number of ether oxygens (including phenoxy) is 1. The highest BCUT2D eigenvalue weighted by molar-refractivity contribution is 5.79. The highest BCUT2D eigenvalue weighted by atomic mass is 16.5. The summed E-state index contributed by atoms with van der Waals surface area (Å²) in [5.74, 6) is 0. The van der Waals surface area contributed by atoms with E-state index in [1.165, 1.54) is 23.8 Å². The van der Waals surface area contributed by atoms with E-state index in [1.54, 1.807) is 0 Å². The number of nitrogens with one attached hydrogen (secondary N) is 1. The number of rotatable bonds is 4. The number of aryl methyl sites for hydroxylation is 1. The fourth-order valence-corrected chi connectivity index (χ4v) is 2.98. The molecule has 0 amide bonds. The van der Waals surface area contributed by atoms with Gasteiger partial charge in [-0.2, -0.15) is 0 Å². The molecule has 1 saturated heterocycles. The zero-order valence-corrected chi connectivity index (χ0v) is 12.2. The molecule has 2 heterocycles. The number of hydrogen-bond donors (Lipinski definition) is 1. The van der Waals surface area contributed by atoms with E-state index in [1.807, 2.05) is 14.0 Å². The lowest BCUT2D eigenvalue weighted by Gasteiger charge is -2.20. The molecule has 20 heavy (non-hydrogen) atoms. The third-order valence-electron chi connectivity index (χ3n) is 4.13. The van der Waals surface area contributed by atoms with Crippen LogP contribution in [0, 0.1) is 6.92 Å². The van der Waals surface area contributed by atoms with Crippen molar-refractivity contribution in [2.24, 2.45) is 0 Å². The zero-order valence-electron chi connectivity index (χ0n) is 12.2. The average molecular weight is 270 g/mol. The lowest BCUT2D eigenvalue weighted by molar-refractivity contribution is 0.0954. The summed E-state index contributed by atoms with van der Waals surface area (Å²) in [7, 11) is 2.03. The van der Waals surface area contributed by atoms with Crippen LogP contribution in [0.2, 0.25) is 0 Å². The molecular formula is C17H22N2O. The van der Waals surface area contributed by atoms with E-state index in [0.717, 1.165) is 24.2 Å². The van der Waals surface area contributed by atoms with Gasteiger partial charge in [0.05, 0.1) is 11.6 Å². The van der Waals surface area contributed by atoms with Crippen LogP contribution in [0.4, 0.5) is 0 Å². The summed E-state index contributed by atoms with van der Waals surface area (Å²) in [6.45, 7) is 2.95. The quantitative estimate of drug-likeness (QED) is 0.925. The maximum atomic E-state index is 5.76. The van der Waals surface area contributed by atoms with Gasteiger partial charge in [0.1, 0.15) is 0 Å². The Morgan fingerprint density at radius 2 is 2.25 bits per heavy atom. The molecule has 0 aliphatic carbocycles. The monoisotopic (exact) mass is 270 g/mol. The molecule has 1 N–H and O–H groups in total. The lowest BCUT2D eigenvalue weighted by Crippen LogP contribution is -2.22. The molecule has 1 aromatic heterocycles. The van der Waals surface area contributed by atoms with Gasteiger partial charge in [-0.25, -0.2) is 0 Å². The number of benzene rings is 1. The van der Waals surface area contributed by atoms with E-state index in [2.05, 4.69) is 40.6 Å². The van der Waals surface area contributed by atoms with E-state index in [4.69, 9.17) is 4.74 Å². The first-order chi connectivity index (χ1) is 9.76. The molecule has 2 unspecified atom stereocenters. The Morgan fingerprint density at radius 1 is 1.35 bits per heavy atom. The highest BCUT2D eigenvalue weighted by Gasteiger charge is 2.21. The van der Waals surface area contributed by atoms with Gasteiger partial charge < -0.3 is 10.1 Å². The highest BCUT2D eigenvalue weighted by Crippen LogP contribution is 2.27. The molecule has 1 aromatic carbocycles. The zero-order chi connectivity index (χ0) is 13.9. The molecule has 0 bridgehead atoms. The van der Waals surface area contributed by atoms with E-state index in [-0.39, 0.29) is 0 Å². The normalized spacial score (nSPS) is 20.4. The predicted octanol–water partition coefficient (Wildman–Crippen LogP) is 3.37. The van der Waals surface area contributed by atoms with Gasteiger partial charge in [-0.1, -0.05) is 12.1 Å². The summed E-state index contributed by atoms with van der Waals surface area (Å²) in [5.41, 5.74) is 3.46. The van der Waals surface area contributed by atoms with E-state index < -0.39 is 0 Å². The Hall–Kier alpha value is -1.45. The van der Waals surface area contributed by atoms with Crippen LogP contribution < -0.4 is 5.32 Å². The fraction of sp³-hybridized carbons (Fsp3) is 0.471. The van der Waals surface area contributed by atoms with Crippen molar-refractivity contribution < 1.29 is 4.74 Å². The standard InChI is InChI=1S/C17H22N2O/c1-12-5-6-13-10-14(7-8-16(13)19-12)17(18-2)11-15-4-3-9-20-15/h5-8,10,15,17-18H,3-4,9,11H2,1-2H3. The van der Waals surface area contributed by atoms with Crippen LogP contribution in [0.5, 0.6) is 0 Å². The Bertz CT molecular complexity index is 591. The molecule has 1 fully saturated rings. The Kier molecular flexibility index (Phi) is 3.99. The van der Waals surface area contributed by atoms with Crippen LogP contribution in [0.3, 0.4) is 0 Å². The molecule has 3 nitrogen and oxygen atoms in total. The van der Waals surface area contributed by atoms with Crippen LogP contribution >= 0.6 is 0 Å². The second kappa shape index (κ2) is 5.90. The minimum absolute atomic E-state index is 0.351. The summed E-state index contributed by atoms with van der Waals surface area (Å²) in [6.07, 6.45) is 3.83. The van der Waals surface area contributed by atoms with Gasteiger partial charge in [0, 0.05) is 23.7 Å². The summed E-state index contributed by atoms with van der Waals surface area (Å²) in [6, 6.07) is 11.1. The minimum Gasteiger partial charge on any atom is -0.378 e. The smallest absolute Gasteiger partial charge is 0.0705 e. The Labute approximate surface area is 120 Å². The van der Waals surface area contributed by atoms with Crippen molar-refractivity contribution in [3.63, 3.8) is 0 Å². The number of aromatic nitrogens is 1. The van der Waals surface area contributed by atoms with Crippen molar-refractivity contribution in [2.75, 3.05) is 13.7 Å². The van der Waals surface area contributed by atoms with Crippen molar-refractivity contribution >= 4 is 10.9 Å². The first kappa shape index (κ1) is 13.5. The molecule has 106 valence electrons. The Morgan fingerprint density at radius 3 is 3.00 bits per heavy atom. The molecule has 2 atom stereocenters. The van der Waals surface area contributed by atoms with Gasteiger partial charge >= 0.3 is 0 Å². The van der Waals surface area contributed by atoms with Gasteiger partial charge in [0.25, 0.3) is 0 Å². The number of pyridine rings is 1. The van der Waals surface area contributed by atoms with E-state index in [9.17, 15) is 0 Å². The van der Waals surface area contributed by atoms with Gasteiger partial charge in [-0.15, -0.1) is 0 Å². The van der Waals surface area contributed by atoms with E-state index >= 15 is 0 Å². The maximum Gasteiger partial charge on any atom is 0.0705 e. The third-order valence-corrected chi connectivity index (χ3v) is 4.13. The van der Waals surface area contributed by atoms with Gasteiger partial charge in [0.2, 0.25) is 0 Å². The van der Waals surface area contributed by atoms with Gasteiger partial charge in [0.15, 0.2) is 0 Å². The van der Waals surface area contributed by atoms with Crippen molar-refractivity contribution in [2.45, 2.75) is 38.3 Å². The second-order valence-electron chi connectivity index (χ2n) is 5.62. The Balaban J connectivity index is 1.85. The van der Waals surface area contributed by atoms with Crippen molar-refractivity contribution in [3.8, 4) is 0 Å². The van der Waals surface area contributed by atoms with Crippen LogP contribution in [-0.2, 0) is 4.74 Å². The lowest BCUT2D eigenvalue weighted by atomic mass is 9.98. The molecule has 0 spiro atoms. The molecule has 3 heteroatoms. The SMILES string of the molecule is CNC(CC1CCCO1)c1ccc2nc(C)ccc2c1. The molecule has 1 aliphatic rings. The summed E-state index contributed by atoms with van der Waals surface area (Å²) < 4.78 is 5.76. The summed E-state index contributed by atoms with van der Waals surface area (Å²) in [4.78, 5) is 4.56. The van der Waals surface area contributed by atoms with Crippen LogP contribution in [0.1, 0.15) is 36.6 Å². The summed E-state index contributed by atoms with van der Waals surface area (Å²) in [5, 5.41) is 4.63. The first-order valence-electron chi connectivity index (χ1n) is 7.42. The first-order valence-corrected chi connectivity index (χ1v) is 7.42. The van der Waals surface area contributed by atoms with Crippen LogP contribution in [-0.4, -0.2) is 24.7 Å². The van der Waals surface area contributed by atoms with Crippen molar-refractivity contribution in [1.82, 2.24) is 10.3 Å². The molecule has 2 aromatic rings. The van der Waals surface area contributed by atoms with Crippen LogP contribution in [0.15, 0.2) is 30.3 Å². The predicted molar refractivity (Wildman–Crippen MR) is 81.9 cm³/mol.